The molecule has 0 unspecified atom stereocenters. The molecule has 1 heterocycles. The van der Waals surface area contributed by atoms with Gasteiger partial charge in [0, 0.05) is 16.3 Å². The molecule has 0 saturated heterocycles. The Bertz CT molecular complexity index is 1190. The molecule has 1 atom stereocenters. The number of hydrogen-bond donors (Lipinski definition) is 1. The summed E-state index contributed by atoms with van der Waals surface area (Å²) in [5, 5.41) is 11.8. The first-order chi connectivity index (χ1) is 16.5. The highest BCUT2D eigenvalue weighted by atomic mass is 16.3. The van der Waals surface area contributed by atoms with Gasteiger partial charge in [0.2, 0.25) is 0 Å². The van der Waals surface area contributed by atoms with E-state index in [0.717, 1.165) is 23.5 Å². The van der Waals surface area contributed by atoms with Crippen LogP contribution in [0.25, 0.3) is 33.1 Å². The van der Waals surface area contributed by atoms with Crippen LogP contribution in [0.5, 0.6) is 0 Å². The molecular weight excluding hydrogens is 428 g/mol. The number of benzene rings is 3. The monoisotopic (exact) mass is 472 g/mol. The van der Waals surface area contributed by atoms with E-state index in [9.17, 15) is 5.11 Å². The van der Waals surface area contributed by atoms with Crippen LogP contribution in [0.3, 0.4) is 0 Å². The van der Waals surface area contributed by atoms with Gasteiger partial charge in [0.05, 0.1) is 5.60 Å². The molecule has 0 spiro atoms. The van der Waals surface area contributed by atoms with E-state index in [4.69, 9.17) is 4.42 Å². The summed E-state index contributed by atoms with van der Waals surface area (Å²) in [6, 6.07) is 23.7. The Labute approximate surface area is 212 Å². The average molecular weight is 473 g/mol. The second-order valence-corrected chi connectivity index (χ2v) is 11.5. The number of para-hydroxylation sites is 1. The summed E-state index contributed by atoms with van der Waals surface area (Å²) in [6.07, 6.45) is 6.32. The van der Waals surface area contributed by atoms with Gasteiger partial charge in [-0.15, -0.1) is 0 Å². The SMILES string of the molecule is CC(C)(C)C(C)(C)O.CC[C@H](C)CCCCc1ccc2c(c1)oc1c(-c3ccccc3)cccc12. The van der Waals surface area contributed by atoms with Crippen molar-refractivity contribution in [2.75, 3.05) is 0 Å². The Morgan fingerprint density at radius 3 is 2.14 bits per heavy atom. The molecule has 35 heavy (non-hydrogen) atoms. The first-order valence-electron chi connectivity index (χ1n) is 13.2. The first kappa shape index (κ1) is 27.0. The number of hydrogen-bond acceptors (Lipinski definition) is 2. The van der Waals surface area contributed by atoms with Gasteiger partial charge >= 0.3 is 0 Å². The summed E-state index contributed by atoms with van der Waals surface area (Å²) in [6.45, 7) is 14.3. The first-order valence-corrected chi connectivity index (χ1v) is 13.2. The van der Waals surface area contributed by atoms with Gasteiger partial charge in [0.15, 0.2) is 0 Å². The Kier molecular flexibility index (Phi) is 8.83. The van der Waals surface area contributed by atoms with Crippen LogP contribution in [0.4, 0.5) is 0 Å². The van der Waals surface area contributed by atoms with Crippen molar-refractivity contribution in [1.82, 2.24) is 0 Å². The molecule has 0 bridgehead atoms. The molecule has 4 aromatic rings. The van der Waals surface area contributed by atoms with Crippen LogP contribution in [0.1, 0.15) is 79.7 Å². The smallest absolute Gasteiger partial charge is 0.143 e. The molecule has 0 radical (unpaired) electrons. The summed E-state index contributed by atoms with van der Waals surface area (Å²) in [7, 11) is 0. The van der Waals surface area contributed by atoms with E-state index in [1.54, 1.807) is 0 Å². The van der Waals surface area contributed by atoms with Crippen LogP contribution < -0.4 is 0 Å². The molecule has 0 aliphatic heterocycles. The zero-order valence-electron chi connectivity index (χ0n) is 22.8. The van der Waals surface area contributed by atoms with E-state index in [0.29, 0.717) is 0 Å². The van der Waals surface area contributed by atoms with Gasteiger partial charge in [-0.25, -0.2) is 0 Å². The number of aliphatic hydroxyl groups is 1. The molecule has 4 rings (SSSR count). The quantitative estimate of drug-likeness (QED) is 0.271. The van der Waals surface area contributed by atoms with Gasteiger partial charge in [-0.2, -0.15) is 0 Å². The third-order valence-corrected chi connectivity index (χ3v) is 7.59. The van der Waals surface area contributed by atoms with Gasteiger partial charge in [-0.3, -0.25) is 0 Å². The van der Waals surface area contributed by atoms with E-state index < -0.39 is 5.60 Å². The second-order valence-electron chi connectivity index (χ2n) is 11.5. The van der Waals surface area contributed by atoms with Crippen molar-refractivity contribution in [3.63, 3.8) is 0 Å². The molecule has 0 aliphatic rings. The standard InChI is InChI=1S/C26H28O.C7H16O/c1-3-19(2)10-7-8-11-20-16-17-23-24-15-9-14-22(21-12-5-4-6-13-21)26(24)27-25(23)18-20;1-6(2,3)7(4,5)8/h4-6,9,12-19H,3,7-8,10-11H2,1-2H3;8H,1-5H3/t19-;/m0./s1. The lowest BCUT2D eigenvalue weighted by Crippen LogP contribution is -2.35. The molecular formula is C33H44O2. The van der Waals surface area contributed by atoms with Crippen molar-refractivity contribution in [3.8, 4) is 11.1 Å². The zero-order chi connectivity index (χ0) is 25.6. The number of furan rings is 1. The van der Waals surface area contributed by atoms with Crippen molar-refractivity contribution in [1.29, 1.82) is 0 Å². The number of unbranched alkanes of at least 4 members (excludes halogenated alkanes) is 1. The van der Waals surface area contributed by atoms with Crippen molar-refractivity contribution in [2.45, 2.75) is 86.2 Å². The topological polar surface area (TPSA) is 33.4 Å². The summed E-state index contributed by atoms with van der Waals surface area (Å²) in [4.78, 5) is 0. The average Bonchev–Trinajstić information content (AvgIpc) is 3.19. The van der Waals surface area contributed by atoms with E-state index in [-0.39, 0.29) is 5.41 Å². The summed E-state index contributed by atoms with van der Waals surface area (Å²) in [5.41, 5.74) is 5.18. The number of aryl methyl sites for hydroxylation is 1. The van der Waals surface area contributed by atoms with Gasteiger partial charge < -0.3 is 9.52 Å². The van der Waals surface area contributed by atoms with Crippen LogP contribution in [-0.4, -0.2) is 10.7 Å². The fraction of sp³-hybridized carbons (Fsp3) is 0.455. The maximum atomic E-state index is 9.35. The molecule has 188 valence electrons. The highest BCUT2D eigenvalue weighted by molar-refractivity contribution is 6.09. The molecule has 1 aromatic heterocycles. The Morgan fingerprint density at radius 1 is 0.829 bits per heavy atom. The van der Waals surface area contributed by atoms with Gasteiger partial charge in [-0.05, 0) is 55.2 Å². The van der Waals surface area contributed by atoms with Crippen LogP contribution in [0.15, 0.2) is 71.1 Å². The minimum Gasteiger partial charge on any atom is -0.455 e. The minimum atomic E-state index is -0.562. The summed E-state index contributed by atoms with van der Waals surface area (Å²) in [5.74, 6) is 0.847. The molecule has 0 aliphatic carbocycles. The third kappa shape index (κ3) is 6.98. The summed E-state index contributed by atoms with van der Waals surface area (Å²) < 4.78 is 6.34. The van der Waals surface area contributed by atoms with E-state index >= 15 is 0 Å². The molecule has 1 N–H and O–H groups in total. The summed E-state index contributed by atoms with van der Waals surface area (Å²) >= 11 is 0. The lowest BCUT2D eigenvalue weighted by molar-refractivity contribution is -0.0238. The molecule has 3 aromatic carbocycles. The van der Waals surface area contributed by atoms with Gasteiger partial charge in [0.1, 0.15) is 11.2 Å². The van der Waals surface area contributed by atoms with Gasteiger partial charge in [-0.1, -0.05) is 115 Å². The van der Waals surface area contributed by atoms with Crippen LogP contribution in [0, 0.1) is 11.3 Å². The number of fused-ring (bicyclic) bond motifs is 3. The maximum Gasteiger partial charge on any atom is 0.143 e. The van der Waals surface area contributed by atoms with E-state index in [1.807, 2.05) is 34.6 Å². The van der Waals surface area contributed by atoms with Crippen LogP contribution >= 0.6 is 0 Å². The number of rotatable bonds is 7. The highest BCUT2D eigenvalue weighted by Gasteiger charge is 2.29. The predicted molar refractivity (Wildman–Crippen MR) is 152 cm³/mol. The highest BCUT2D eigenvalue weighted by Crippen LogP contribution is 2.36. The van der Waals surface area contributed by atoms with Gasteiger partial charge in [0.25, 0.3) is 0 Å². The molecule has 0 fully saturated rings. The van der Waals surface area contributed by atoms with Crippen molar-refractivity contribution in [2.24, 2.45) is 11.3 Å². The Balaban J connectivity index is 0.000000371. The second kappa shape index (κ2) is 11.4. The Hall–Kier alpha value is -2.58. The fourth-order valence-corrected chi connectivity index (χ4v) is 3.87. The predicted octanol–water partition coefficient (Wildman–Crippen LogP) is 9.82. The van der Waals surface area contributed by atoms with Crippen molar-refractivity contribution >= 4 is 21.9 Å². The van der Waals surface area contributed by atoms with Crippen LogP contribution in [0.2, 0.25) is 0 Å². The van der Waals surface area contributed by atoms with E-state index in [2.05, 4.69) is 80.6 Å². The van der Waals surface area contributed by atoms with Crippen molar-refractivity contribution < 1.29 is 9.52 Å². The lowest BCUT2D eigenvalue weighted by atomic mass is 9.79. The molecule has 0 amide bonds. The third-order valence-electron chi connectivity index (χ3n) is 7.59. The maximum absolute atomic E-state index is 9.35. The largest absolute Gasteiger partial charge is 0.455 e. The lowest BCUT2D eigenvalue weighted by Gasteiger charge is -2.33. The molecule has 2 heteroatoms. The minimum absolute atomic E-state index is 0.00694. The fourth-order valence-electron chi connectivity index (χ4n) is 3.87. The van der Waals surface area contributed by atoms with Crippen LogP contribution in [-0.2, 0) is 6.42 Å². The van der Waals surface area contributed by atoms with E-state index in [1.165, 1.54) is 53.1 Å². The van der Waals surface area contributed by atoms with Crippen molar-refractivity contribution in [3.05, 3.63) is 72.3 Å². The molecule has 0 saturated carbocycles. The zero-order valence-corrected chi connectivity index (χ0v) is 22.8. The normalized spacial score (nSPS) is 13.0. The molecule has 2 nitrogen and oxygen atoms in total. The Morgan fingerprint density at radius 2 is 1.51 bits per heavy atom.